The van der Waals surface area contributed by atoms with Gasteiger partial charge >= 0.3 is 5.82 Å². The van der Waals surface area contributed by atoms with Crippen molar-refractivity contribution in [3.05, 3.63) is 27.9 Å². The molecule has 5 heteroatoms. The lowest BCUT2D eigenvalue weighted by atomic mass is 9.87. The van der Waals surface area contributed by atoms with Crippen LogP contribution in [-0.4, -0.2) is 16.0 Å². The van der Waals surface area contributed by atoms with Crippen molar-refractivity contribution in [3.63, 3.8) is 0 Å². The van der Waals surface area contributed by atoms with E-state index in [2.05, 4.69) is 4.98 Å². The van der Waals surface area contributed by atoms with Crippen LogP contribution in [0.5, 0.6) is 5.75 Å². The van der Waals surface area contributed by atoms with E-state index in [1.165, 1.54) is 12.3 Å². The molecule has 1 saturated carbocycles. The summed E-state index contributed by atoms with van der Waals surface area (Å²) < 4.78 is 5.73. The fourth-order valence-corrected chi connectivity index (χ4v) is 1.58. The number of ether oxygens (including phenoxy) is 1. The van der Waals surface area contributed by atoms with E-state index >= 15 is 0 Å². The van der Waals surface area contributed by atoms with Crippen LogP contribution in [0.3, 0.4) is 0 Å². The van der Waals surface area contributed by atoms with Crippen molar-refractivity contribution in [2.24, 2.45) is 0 Å². The molecule has 0 spiro atoms. The fourth-order valence-electron chi connectivity index (χ4n) is 1.58. The third-order valence-electron chi connectivity index (χ3n) is 2.67. The highest BCUT2D eigenvalue weighted by Gasteiger charge is 2.29. The summed E-state index contributed by atoms with van der Waals surface area (Å²) in [6, 6.07) is 1.51. The van der Waals surface area contributed by atoms with Crippen molar-refractivity contribution >= 4 is 5.82 Å². The summed E-state index contributed by atoms with van der Waals surface area (Å²) in [5, 5.41) is 10.7. The predicted molar refractivity (Wildman–Crippen MR) is 63.2 cm³/mol. The summed E-state index contributed by atoms with van der Waals surface area (Å²) in [7, 11) is 0. The maximum atomic E-state index is 10.7. The molecule has 0 radical (unpaired) electrons. The van der Waals surface area contributed by atoms with E-state index in [0.29, 0.717) is 5.75 Å². The number of rotatable bonds is 3. The molecule has 1 aromatic heterocycles. The largest absolute Gasteiger partial charge is 0.486 e. The summed E-state index contributed by atoms with van der Waals surface area (Å²) in [5.41, 5.74) is 0.642. The fraction of sp³-hybridized carbons (Fsp3) is 0.583. The van der Waals surface area contributed by atoms with Gasteiger partial charge in [-0.05, 0) is 28.2 Å². The topological polar surface area (TPSA) is 65.3 Å². The molecule has 0 aliphatic heterocycles. The lowest BCUT2D eigenvalue weighted by molar-refractivity contribution is -0.389. The molecule has 0 N–H and O–H groups in total. The molecule has 1 heterocycles. The first-order valence-corrected chi connectivity index (χ1v) is 5.69. The second-order valence-corrected chi connectivity index (χ2v) is 5.36. The third-order valence-corrected chi connectivity index (χ3v) is 2.67. The number of nitro groups is 1. The Morgan fingerprint density at radius 3 is 2.59 bits per heavy atom. The molecule has 5 nitrogen and oxygen atoms in total. The molecule has 1 aliphatic carbocycles. The monoisotopic (exact) mass is 236 g/mol. The van der Waals surface area contributed by atoms with E-state index < -0.39 is 4.92 Å². The highest BCUT2D eigenvalue weighted by Crippen LogP contribution is 2.36. The van der Waals surface area contributed by atoms with Crippen LogP contribution in [0.2, 0.25) is 0 Å². The van der Waals surface area contributed by atoms with Gasteiger partial charge in [-0.15, -0.1) is 0 Å². The zero-order valence-electron chi connectivity index (χ0n) is 10.3. The summed E-state index contributed by atoms with van der Waals surface area (Å²) >= 11 is 0. The maximum Gasteiger partial charge on any atom is 0.363 e. The Morgan fingerprint density at radius 1 is 1.47 bits per heavy atom. The third kappa shape index (κ3) is 2.72. The predicted octanol–water partition coefficient (Wildman–Crippen LogP) is 2.83. The van der Waals surface area contributed by atoms with Crippen LogP contribution in [0.4, 0.5) is 5.82 Å². The number of aromatic nitrogens is 1. The number of nitrogens with zero attached hydrogens (tertiary/aromatic N) is 2. The molecule has 0 atom stereocenters. The molecule has 0 saturated heterocycles. The van der Waals surface area contributed by atoms with Crippen molar-refractivity contribution < 1.29 is 9.66 Å². The summed E-state index contributed by atoms with van der Waals surface area (Å²) in [6.45, 7) is 6.02. The van der Waals surface area contributed by atoms with Crippen LogP contribution >= 0.6 is 0 Å². The van der Waals surface area contributed by atoms with Gasteiger partial charge in [0.2, 0.25) is 0 Å². The van der Waals surface area contributed by atoms with Gasteiger partial charge in [0, 0.05) is 11.6 Å². The minimum Gasteiger partial charge on any atom is -0.486 e. The first kappa shape index (κ1) is 11.8. The van der Waals surface area contributed by atoms with Gasteiger partial charge in [-0.1, -0.05) is 20.8 Å². The Labute approximate surface area is 100.0 Å². The standard InChI is InChI=1S/C12H16N2O3/c1-12(2,3)9-6-11(14(15)16)13-7-10(9)17-8-4-5-8/h6-8H,4-5H2,1-3H3. The smallest absolute Gasteiger partial charge is 0.363 e. The molecular weight excluding hydrogens is 220 g/mol. The Hall–Kier alpha value is -1.65. The van der Waals surface area contributed by atoms with Gasteiger partial charge < -0.3 is 14.9 Å². The highest BCUT2D eigenvalue weighted by atomic mass is 16.6. The molecule has 92 valence electrons. The van der Waals surface area contributed by atoms with Gasteiger partial charge in [0.1, 0.15) is 0 Å². The van der Waals surface area contributed by atoms with Gasteiger partial charge in [-0.25, -0.2) is 0 Å². The van der Waals surface area contributed by atoms with Crippen LogP contribution in [0.15, 0.2) is 12.3 Å². The molecule has 2 rings (SSSR count). The molecule has 0 unspecified atom stereocenters. The average Bonchev–Trinajstić information content (AvgIpc) is 3.00. The highest BCUT2D eigenvalue weighted by molar-refractivity contribution is 5.42. The van der Waals surface area contributed by atoms with E-state index in [-0.39, 0.29) is 17.3 Å². The Morgan fingerprint density at radius 2 is 2.12 bits per heavy atom. The van der Waals surface area contributed by atoms with Crippen molar-refractivity contribution in [1.29, 1.82) is 0 Å². The lowest BCUT2D eigenvalue weighted by Crippen LogP contribution is -2.15. The lowest BCUT2D eigenvalue weighted by Gasteiger charge is -2.21. The first-order valence-electron chi connectivity index (χ1n) is 5.69. The minimum atomic E-state index is -0.476. The molecule has 0 amide bonds. The quantitative estimate of drug-likeness (QED) is 0.598. The number of hydrogen-bond donors (Lipinski definition) is 0. The second-order valence-electron chi connectivity index (χ2n) is 5.36. The van der Waals surface area contributed by atoms with Crippen molar-refractivity contribution in [1.82, 2.24) is 4.98 Å². The average molecular weight is 236 g/mol. The SMILES string of the molecule is CC(C)(C)c1cc([N+](=O)[O-])ncc1OC1CC1. The van der Waals surface area contributed by atoms with E-state index in [9.17, 15) is 10.1 Å². The number of hydrogen-bond acceptors (Lipinski definition) is 4. The minimum absolute atomic E-state index is 0.127. The zero-order chi connectivity index (χ0) is 12.6. The number of pyridine rings is 1. The van der Waals surface area contributed by atoms with E-state index in [1.54, 1.807) is 0 Å². The molecular formula is C12H16N2O3. The molecule has 0 bridgehead atoms. The van der Waals surface area contributed by atoms with Crippen molar-refractivity contribution in [2.45, 2.75) is 45.1 Å². The molecule has 1 aliphatic rings. The zero-order valence-corrected chi connectivity index (χ0v) is 10.3. The van der Waals surface area contributed by atoms with Crippen LogP contribution in [-0.2, 0) is 5.41 Å². The normalized spacial score (nSPS) is 15.7. The Kier molecular flexibility index (Phi) is 2.77. The summed E-state index contributed by atoms with van der Waals surface area (Å²) in [4.78, 5) is 14.1. The Balaban J connectivity index is 2.39. The second kappa shape index (κ2) is 3.98. The van der Waals surface area contributed by atoms with E-state index in [4.69, 9.17) is 4.74 Å². The summed E-state index contributed by atoms with van der Waals surface area (Å²) in [6.07, 6.45) is 3.84. The van der Waals surface area contributed by atoms with Gasteiger partial charge in [0.25, 0.3) is 0 Å². The molecule has 17 heavy (non-hydrogen) atoms. The van der Waals surface area contributed by atoms with E-state index in [0.717, 1.165) is 18.4 Å². The van der Waals surface area contributed by atoms with Crippen molar-refractivity contribution in [3.8, 4) is 5.75 Å². The van der Waals surface area contributed by atoms with E-state index in [1.807, 2.05) is 20.8 Å². The van der Waals surface area contributed by atoms with Crippen LogP contribution < -0.4 is 4.74 Å². The van der Waals surface area contributed by atoms with Gasteiger partial charge in [0.15, 0.2) is 11.9 Å². The van der Waals surface area contributed by atoms with Gasteiger partial charge in [0.05, 0.1) is 6.10 Å². The van der Waals surface area contributed by atoms with Crippen LogP contribution in [0, 0.1) is 10.1 Å². The maximum absolute atomic E-state index is 10.7. The summed E-state index contributed by atoms with van der Waals surface area (Å²) in [5.74, 6) is 0.545. The Bertz CT molecular complexity index is 448. The van der Waals surface area contributed by atoms with Gasteiger partial charge in [-0.3, -0.25) is 0 Å². The van der Waals surface area contributed by atoms with Crippen molar-refractivity contribution in [2.75, 3.05) is 0 Å². The van der Waals surface area contributed by atoms with Gasteiger partial charge in [-0.2, -0.15) is 0 Å². The molecule has 1 aromatic rings. The molecule has 1 fully saturated rings. The van der Waals surface area contributed by atoms with Crippen LogP contribution in [0.25, 0.3) is 0 Å². The molecule has 0 aromatic carbocycles. The van der Waals surface area contributed by atoms with Crippen LogP contribution in [0.1, 0.15) is 39.2 Å². The first-order chi connectivity index (χ1) is 7.88.